The number of nitrogens with zero attached hydrogens (tertiary/aromatic N) is 1. The minimum Gasteiger partial charge on any atom is -0.330 e. The van der Waals surface area contributed by atoms with E-state index in [2.05, 4.69) is 9.84 Å². The molecule has 0 aliphatic rings. The number of hydrogen-bond donors (Lipinski definition) is 4. The van der Waals surface area contributed by atoms with E-state index in [1.807, 2.05) is 14.1 Å². The molecule has 0 aromatic rings. The first-order valence-electron chi connectivity index (χ1n) is 7.70. The molecule has 0 saturated carbocycles. The highest BCUT2D eigenvalue weighted by Crippen LogP contribution is 2.35. The molecule has 5 N–H and O–H groups in total. The molecule has 0 aliphatic heterocycles. The van der Waals surface area contributed by atoms with Crippen LogP contribution in [0, 0.1) is 0 Å². The Kier molecular flexibility index (Phi) is 11.5. The second kappa shape index (κ2) is 11.5. The normalized spacial score (nSPS) is 12.8. The molecule has 0 bridgehead atoms. The third-order valence-corrected chi connectivity index (χ3v) is 3.90. The fourth-order valence-corrected chi connectivity index (χ4v) is 2.34. The van der Waals surface area contributed by atoms with Gasteiger partial charge in [0.15, 0.2) is 0 Å². The van der Waals surface area contributed by atoms with E-state index in [-0.39, 0.29) is 6.61 Å². The van der Waals surface area contributed by atoms with Crippen molar-refractivity contribution in [3.8, 4) is 0 Å². The lowest BCUT2D eigenvalue weighted by Crippen LogP contribution is -2.43. The number of nitrogens with one attached hydrogen (secondary N) is 1. The van der Waals surface area contributed by atoms with Gasteiger partial charge in [0.1, 0.15) is 13.2 Å². The number of phosphoric acid groups is 1. The highest BCUT2D eigenvalue weighted by Gasteiger charge is 2.19. The minimum absolute atomic E-state index is 0.0752. The van der Waals surface area contributed by atoms with Gasteiger partial charge in [0, 0.05) is 13.0 Å². The summed E-state index contributed by atoms with van der Waals surface area (Å²) in [5.74, 6) is 0. The van der Waals surface area contributed by atoms with Crippen LogP contribution in [0.4, 0.5) is 0 Å². The molecule has 128 valence electrons. The van der Waals surface area contributed by atoms with Gasteiger partial charge in [0.05, 0.1) is 20.6 Å². The highest BCUT2D eigenvalue weighted by atomic mass is 31.2. The Labute approximate surface area is 128 Å². The van der Waals surface area contributed by atoms with Crippen molar-refractivity contribution in [1.29, 1.82) is 0 Å². The van der Waals surface area contributed by atoms with E-state index in [0.717, 1.165) is 39.0 Å². The fourth-order valence-electron chi connectivity index (χ4n) is 2.02. The van der Waals surface area contributed by atoms with Crippen molar-refractivity contribution >= 4 is 7.82 Å². The van der Waals surface area contributed by atoms with Gasteiger partial charge in [-0.3, -0.25) is 4.52 Å². The predicted molar refractivity (Wildman–Crippen MR) is 84.8 cm³/mol. The molecule has 0 heterocycles. The number of hydrogen-bond acceptors (Lipinski definition) is 4. The quantitative estimate of drug-likeness (QED) is 0.212. The van der Waals surface area contributed by atoms with Crippen molar-refractivity contribution < 1.29 is 23.4 Å². The lowest BCUT2D eigenvalue weighted by Gasteiger charge is -2.29. The summed E-state index contributed by atoms with van der Waals surface area (Å²) >= 11 is 0. The van der Waals surface area contributed by atoms with Crippen LogP contribution in [0.3, 0.4) is 0 Å². The molecular weight excluding hydrogens is 293 g/mol. The van der Waals surface area contributed by atoms with Crippen LogP contribution in [0.1, 0.15) is 32.1 Å². The molecule has 0 aliphatic carbocycles. The molecule has 0 amide bonds. The van der Waals surface area contributed by atoms with Gasteiger partial charge in [-0.1, -0.05) is 12.8 Å². The van der Waals surface area contributed by atoms with Crippen LogP contribution in [-0.4, -0.2) is 67.7 Å². The van der Waals surface area contributed by atoms with Crippen LogP contribution in [0.5, 0.6) is 0 Å². The number of rotatable bonds is 14. The zero-order valence-corrected chi connectivity index (χ0v) is 14.4. The SMILES string of the molecule is C[N+](C)(CCCNCCCCCCN)CCOP(=O)(O)O. The molecule has 0 radical (unpaired) electrons. The Bertz CT molecular complexity index is 297. The first-order chi connectivity index (χ1) is 9.77. The first-order valence-corrected chi connectivity index (χ1v) is 9.23. The van der Waals surface area contributed by atoms with Crippen LogP contribution < -0.4 is 11.1 Å². The monoisotopic (exact) mass is 326 g/mol. The lowest BCUT2D eigenvalue weighted by molar-refractivity contribution is -0.890. The van der Waals surface area contributed by atoms with Crippen molar-refractivity contribution in [3.63, 3.8) is 0 Å². The minimum atomic E-state index is -4.33. The largest absolute Gasteiger partial charge is 0.469 e. The average molecular weight is 326 g/mol. The van der Waals surface area contributed by atoms with E-state index in [9.17, 15) is 4.57 Å². The van der Waals surface area contributed by atoms with Gasteiger partial charge in [-0.15, -0.1) is 0 Å². The molecule has 0 spiro atoms. The summed E-state index contributed by atoms with van der Waals surface area (Å²) in [6, 6.07) is 0. The van der Waals surface area contributed by atoms with Crippen molar-refractivity contribution in [2.45, 2.75) is 32.1 Å². The van der Waals surface area contributed by atoms with E-state index in [4.69, 9.17) is 15.5 Å². The van der Waals surface area contributed by atoms with Crippen molar-refractivity contribution in [3.05, 3.63) is 0 Å². The van der Waals surface area contributed by atoms with Gasteiger partial charge in [-0.25, -0.2) is 4.57 Å². The molecule has 8 heteroatoms. The summed E-state index contributed by atoms with van der Waals surface area (Å²) in [4.78, 5) is 17.3. The molecule has 0 unspecified atom stereocenters. The lowest BCUT2D eigenvalue weighted by atomic mass is 10.2. The third-order valence-electron chi connectivity index (χ3n) is 3.38. The second-order valence-electron chi connectivity index (χ2n) is 6.01. The summed E-state index contributed by atoms with van der Waals surface area (Å²) in [5.41, 5.74) is 5.44. The molecule has 21 heavy (non-hydrogen) atoms. The van der Waals surface area contributed by atoms with Crippen molar-refractivity contribution in [2.24, 2.45) is 5.73 Å². The number of unbranched alkanes of at least 4 members (excludes halogenated alkanes) is 3. The third kappa shape index (κ3) is 16.2. The maximum atomic E-state index is 10.6. The molecule has 0 atom stereocenters. The Morgan fingerprint density at radius 2 is 1.67 bits per heavy atom. The van der Waals surface area contributed by atoms with E-state index in [0.29, 0.717) is 11.0 Å². The van der Waals surface area contributed by atoms with Crippen LogP contribution >= 0.6 is 7.82 Å². The molecule has 7 nitrogen and oxygen atoms in total. The summed E-state index contributed by atoms with van der Waals surface area (Å²) in [5, 5.41) is 3.42. The fraction of sp³-hybridized carbons (Fsp3) is 1.00. The van der Waals surface area contributed by atoms with Crippen molar-refractivity contribution in [2.75, 3.05) is 53.4 Å². The number of phosphoric ester groups is 1. The van der Waals surface area contributed by atoms with Crippen LogP contribution in [0.2, 0.25) is 0 Å². The highest BCUT2D eigenvalue weighted by molar-refractivity contribution is 7.46. The Morgan fingerprint density at radius 1 is 1.05 bits per heavy atom. The summed E-state index contributed by atoms with van der Waals surface area (Å²) < 4.78 is 15.8. The molecular formula is C13H33N3O4P+. The van der Waals surface area contributed by atoms with Gasteiger partial charge in [-0.2, -0.15) is 0 Å². The molecule has 0 aromatic carbocycles. The smallest absolute Gasteiger partial charge is 0.330 e. The summed E-state index contributed by atoms with van der Waals surface area (Å²) in [6.45, 7) is 4.41. The number of quaternary nitrogens is 1. The first kappa shape index (κ1) is 21.0. The maximum absolute atomic E-state index is 10.6. The van der Waals surface area contributed by atoms with Gasteiger partial charge < -0.3 is 25.3 Å². The number of nitrogens with two attached hydrogens (primary N) is 1. The van der Waals surface area contributed by atoms with Crippen LogP contribution in [0.15, 0.2) is 0 Å². The van der Waals surface area contributed by atoms with Crippen LogP contribution in [0.25, 0.3) is 0 Å². The predicted octanol–water partition coefficient (Wildman–Crippen LogP) is 0.671. The molecule has 0 rings (SSSR count). The van der Waals surface area contributed by atoms with E-state index >= 15 is 0 Å². The zero-order valence-electron chi connectivity index (χ0n) is 13.5. The zero-order chi connectivity index (χ0) is 16.2. The molecule has 0 fully saturated rings. The maximum Gasteiger partial charge on any atom is 0.469 e. The van der Waals surface area contributed by atoms with Gasteiger partial charge in [0.25, 0.3) is 0 Å². The van der Waals surface area contributed by atoms with E-state index < -0.39 is 7.82 Å². The Morgan fingerprint density at radius 3 is 2.29 bits per heavy atom. The average Bonchev–Trinajstić information content (AvgIpc) is 2.35. The summed E-state index contributed by atoms with van der Waals surface area (Å²) in [7, 11) is -0.259. The standard InChI is InChI=1S/C13H32N3O4P/c1-16(2,12-13-20-21(17,18)19)11-7-10-15-9-6-4-3-5-8-14/h15H,3-14H2,1-2H3,(H-,17,18,19)/p+1. The topological polar surface area (TPSA) is 105 Å². The number of likely N-dealkylation sites (N-methyl/N-ethyl adjacent to an activating group) is 1. The van der Waals surface area contributed by atoms with E-state index in [1.165, 1.54) is 19.3 Å². The molecule has 0 saturated heterocycles. The van der Waals surface area contributed by atoms with Gasteiger partial charge in [-0.05, 0) is 25.9 Å². The Balaban J connectivity index is 3.46. The second-order valence-corrected chi connectivity index (χ2v) is 7.25. The van der Waals surface area contributed by atoms with Gasteiger partial charge >= 0.3 is 7.82 Å². The molecule has 0 aromatic heterocycles. The van der Waals surface area contributed by atoms with Crippen molar-refractivity contribution in [1.82, 2.24) is 5.32 Å². The van der Waals surface area contributed by atoms with Crippen LogP contribution in [-0.2, 0) is 9.09 Å². The Hall–Kier alpha value is -0.0100. The summed E-state index contributed by atoms with van der Waals surface area (Å²) in [6.07, 6.45) is 5.77. The van der Waals surface area contributed by atoms with E-state index in [1.54, 1.807) is 0 Å². The van der Waals surface area contributed by atoms with Gasteiger partial charge in [0.2, 0.25) is 0 Å².